The fourth-order valence-corrected chi connectivity index (χ4v) is 2.56. The number of rotatable bonds is 12. The van der Waals surface area contributed by atoms with Gasteiger partial charge in [0.2, 0.25) is 0 Å². The number of hydrogen-bond donors (Lipinski definition) is 0. The van der Waals surface area contributed by atoms with Crippen LogP contribution in [0, 0.1) is 18.3 Å². The highest BCUT2D eigenvalue weighted by molar-refractivity contribution is 4.83. The van der Waals surface area contributed by atoms with Gasteiger partial charge in [-0.1, -0.05) is 91.9 Å². The zero-order valence-electron chi connectivity index (χ0n) is 12.8. The minimum absolute atomic E-state index is 0.883. The highest BCUT2D eigenvalue weighted by atomic mass is 14.2. The molecule has 0 saturated heterocycles. The van der Waals surface area contributed by atoms with Crippen molar-refractivity contribution in [2.75, 3.05) is 0 Å². The maximum atomic E-state index is 2.71. The molecular formula is C17H35. The molecule has 0 aliphatic rings. The summed E-state index contributed by atoms with van der Waals surface area (Å²) in [4.78, 5) is 0. The largest absolute Gasteiger partial charge is 0.0654 e. The number of unbranched alkanes of at least 4 members (excludes halogenated alkanes) is 3. The Bertz CT molecular complexity index is 131. The van der Waals surface area contributed by atoms with E-state index in [0.717, 1.165) is 11.8 Å². The van der Waals surface area contributed by atoms with E-state index in [-0.39, 0.29) is 0 Å². The smallest absolute Gasteiger partial charge is 0.0324 e. The predicted octanol–water partition coefficient (Wildman–Crippen LogP) is 6.40. The van der Waals surface area contributed by atoms with Crippen LogP contribution in [0.3, 0.4) is 0 Å². The lowest BCUT2D eigenvalue weighted by Crippen LogP contribution is -2.10. The molecule has 0 fully saturated rings. The zero-order chi connectivity index (χ0) is 12.9. The third-order valence-corrected chi connectivity index (χ3v) is 3.85. The second-order valence-electron chi connectivity index (χ2n) is 5.55. The van der Waals surface area contributed by atoms with Gasteiger partial charge < -0.3 is 0 Å². The lowest BCUT2D eigenvalue weighted by molar-refractivity contribution is 0.391. The zero-order valence-corrected chi connectivity index (χ0v) is 12.8. The van der Waals surface area contributed by atoms with Crippen molar-refractivity contribution in [2.45, 2.75) is 91.9 Å². The molecule has 0 heterocycles. The van der Waals surface area contributed by atoms with Crippen molar-refractivity contribution in [3.63, 3.8) is 0 Å². The van der Waals surface area contributed by atoms with Gasteiger partial charge in [-0.15, -0.1) is 0 Å². The van der Waals surface area contributed by atoms with Gasteiger partial charge in [0.15, 0.2) is 0 Å². The number of hydrogen-bond acceptors (Lipinski definition) is 0. The van der Waals surface area contributed by atoms with Crippen molar-refractivity contribution in [3.05, 3.63) is 6.42 Å². The highest BCUT2D eigenvalue weighted by Gasteiger charge is 2.14. The summed E-state index contributed by atoms with van der Waals surface area (Å²) < 4.78 is 0. The van der Waals surface area contributed by atoms with E-state index < -0.39 is 0 Å². The summed E-state index contributed by atoms with van der Waals surface area (Å²) >= 11 is 0. The fraction of sp³-hybridized carbons (Fsp3) is 0.941. The van der Waals surface area contributed by atoms with Crippen LogP contribution in [0.2, 0.25) is 0 Å². The molecule has 1 atom stereocenters. The Hall–Kier alpha value is 0. The van der Waals surface area contributed by atoms with Gasteiger partial charge in [-0.3, -0.25) is 0 Å². The summed E-state index contributed by atoms with van der Waals surface area (Å²) in [5, 5.41) is 0. The molecule has 0 heteroatoms. The molecular weight excluding hydrogens is 204 g/mol. The van der Waals surface area contributed by atoms with Crippen LogP contribution in [-0.2, 0) is 0 Å². The molecule has 0 bridgehead atoms. The first-order chi connectivity index (χ1) is 8.28. The first-order valence-electron chi connectivity index (χ1n) is 8.13. The van der Waals surface area contributed by atoms with Gasteiger partial charge in [-0.25, -0.2) is 0 Å². The molecule has 0 aliphatic heterocycles. The van der Waals surface area contributed by atoms with Crippen LogP contribution >= 0.6 is 0 Å². The quantitative estimate of drug-likeness (QED) is 0.369. The average Bonchev–Trinajstić information content (AvgIpc) is 2.36. The van der Waals surface area contributed by atoms with Gasteiger partial charge >= 0.3 is 0 Å². The maximum absolute atomic E-state index is 2.71. The van der Waals surface area contributed by atoms with Crippen LogP contribution in [-0.4, -0.2) is 0 Å². The van der Waals surface area contributed by atoms with Crippen molar-refractivity contribution in [2.24, 2.45) is 11.8 Å². The standard InChI is InChI=1S/C17H35/c1-5-9-12-16(8-4)15-17(13-10-6-2)14-11-7-3/h15-17H,5-14H2,1-4H3. The van der Waals surface area contributed by atoms with Gasteiger partial charge in [-0.2, -0.15) is 0 Å². The normalized spacial score (nSPS) is 13.2. The van der Waals surface area contributed by atoms with Crippen LogP contribution < -0.4 is 0 Å². The van der Waals surface area contributed by atoms with E-state index in [2.05, 4.69) is 34.1 Å². The molecule has 1 unspecified atom stereocenters. The van der Waals surface area contributed by atoms with Crippen LogP contribution in [0.25, 0.3) is 0 Å². The van der Waals surface area contributed by atoms with E-state index in [1.54, 1.807) is 0 Å². The molecule has 0 saturated carbocycles. The van der Waals surface area contributed by atoms with Crippen molar-refractivity contribution in [1.29, 1.82) is 0 Å². The summed E-state index contributed by atoms with van der Waals surface area (Å²) in [5.74, 6) is 1.78. The Morgan fingerprint density at radius 1 is 0.647 bits per heavy atom. The molecule has 0 aromatic carbocycles. The summed E-state index contributed by atoms with van der Waals surface area (Å²) in [5.41, 5.74) is 0. The molecule has 1 radical (unpaired) electrons. The lowest BCUT2D eigenvalue weighted by atomic mass is 9.83. The lowest BCUT2D eigenvalue weighted by Gasteiger charge is -2.22. The predicted molar refractivity (Wildman–Crippen MR) is 80.1 cm³/mol. The summed E-state index contributed by atoms with van der Waals surface area (Å²) in [7, 11) is 0. The Morgan fingerprint density at radius 2 is 1.06 bits per heavy atom. The second kappa shape index (κ2) is 12.5. The first kappa shape index (κ1) is 17.0. The Balaban J connectivity index is 3.97. The van der Waals surface area contributed by atoms with Crippen LogP contribution in [0.1, 0.15) is 91.9 Å². The molecule has 0 aromatic rings. The maximum Gasteiger partial charge on any atom is -0.0324 e. The van der Waals surface area contributed by atoms with Crippen molar-refractivity contribution >= 4 is 0 Å². The second-order valence-corrected chi connectivity index (χ2v) is 5.55. The van der Waals surface area contributed by atoms with Crippen LogP contribution in [0.4, 0.5) is 0 Å². The minimum atomic E-state index is 0.883. The fourth-order valence-electron chi connectivity index (χ4n) is 2.56. The van der Waals surface area contributed by atoms with E-state index >= 15 is 0 Å². The van der Waals surface area contributed by atoms with E-state index in [1.165, 1.54) is 64.2 Å². The van der Waals surface area contributed by atoms with E-state index in [9.17, 15) is 0 Å². The van der Waals surface area contributed by atoms with E-state index in [4.69, 9.17) is 0 Å². The molecule has 0 nitrogen and oxygen atoms in total. The molecule has 17 heavy (non-hydrogen) atoms. The Morgan fingerprint density at radius 3 is 1.41 bits per heavy atom. The monoisotopic (exact) mass is 239 g/mol. The molecule has 0 spiro atoms. The third-order valence-electron chi connectivity index (χ3n) is 3.85. The van der Waals surface area contributed by atoms with Gasteiger partial charge in [0.05, 0.1) is 0 Å². The molecule has 0 N–H and O–H groups in total. The summed E-state index contributed by atoms with van der Waals surface area (Å²) in [6, 6.07) is 0. The van der Waals surface area contributed by atoms with Gasteiger partial charge in [-0.05, 0) is 18.3 Å². The Labute approximate surface area is 111 Å². The van der Waals surface area contributed by atoms with Crippen molar-refractivity contribution in [3.8, 4) is 0 Å². The Kier molecular flexibility index (Phi) is 12.5. The summed E-state index contributed by atoms with van der Waals surface area (Å²) in [6.45, 7) is 9.28. The van der Waals surface area contributed by atoms with Gasteiger partial charge in [0, 0.05) is 0 Å². The van der Waals surface area contributed by atoms with E-state index in [1.807, 2.05) is 0 Å². The van der Waals surface area contributed by atoms with E-state index in [0.29, 0.717) is 0 Å². The van der Waals surface area contributed by atoms with Crippen molar-refractivity contribution < 1.29 is 0 Å². The topological polar surface area (TPSA) is 0 Å². The van der Waals surface area contributed by atoms with Crippen LogP contribution in [0.5, 0.6) is 0 Å². The summed E-state index contributed by atoms with van der Waals surface area (Å²) in [6.07, 6.45) is 16.6. The molecule has 0 aromatic heterocycles. The molecule has 0 amide bonds. The SMILES string of the molecule is CCCCC([CH]C(CCCC)CCCC)CC. The van der Waals surface area contributed by atoms with Gasteiger partial charge in [0.25, 0.3) is 0 Å². The van der Waals surface area contributed by atoms with Crippen molar-refractivity contribution in [1.82, 2.24) is 0 Å². The third kappa shape index (κ3) is 9.68. The highest BCUT2D eigenvalue weighted by Crippen LogP contribution is 2.27. The minimum Gasteiger partial charge on any atom is -0.0654 e. The molecule has 0 rings (SSSR count). The molecule has 0 aliphatic carbocycles. The van der Waals surface area contributed by atoms with Crippen LogP contribution in [0.15, 0.2) is 0 Å². The van der Waals surface area contributed by atoms with Gasteiger partial charge in [0.1, 0.15) is 0 Å². The first-order valence-corrected chi connectivity index (χ1v) is 8.13. The average molecular weight is 239 g/mol. The molecule has 103 valence electrons.